The quantitative estimate of drug-likeness (QED) is 0.775. The number of halogens is 1. The standard InChI is InChI=1S/C18H24ClN3O3S/c1-22-13-20-10-16(22)11-21-26(23,24)18-9-15(19)7-8-17(18)25-12-14-5-3-2-4-6-14/h7-10,13-14,21H,2-6,11-12H2,1H3. The summed E-state index contributed by atoms with van der Waals surface area (Å²) in [5.41, 5.74) is 0.764. The van der Waals surface area contributed by atoms with Gasteiger partial charge in [-0.2, -0.15) is 0 Å². The fourth-order valence-electron chi connectivity index (χ4n) is 3.17. The highest BCUT2D eigenvalue weighted by molar-refractivity contribution is 7.89. The summed E-state index contributed by atoms with van der Waals surface area (Å²) >= 11 is 6.03. The number of nitrogens with one attached hydrogen (secondary N) is 1. The van der Waals surface area contributed by atoms with Gasteiger partial charge >= 0.3 is 0 Å². The number of nitrogens with zero attached hydrogens (tertiary/aromatic N) is 2. The van der Waals surface area contributed by atoms with Crippen LogP contribution >= 0.6 is 11.6 Å². The maximum absolute atomic E-state index is 12.8. The van der Waals surface area contributed by atoms with Gasteiger partial charge in [-0.25, -0.2) is 18.1 Å². The molecule has 2 aromatic rings. The van der Waals surface area contributed by atoms with Gasteiger partial charge in [0.05, 0.1) is 25.2 Å². The smallest absolute Gasteiger partial charge is 0.244 e. The first kappa shape index (κ1) is 19.2. The number of benzene rings is 1. The average Bonchev–Trinajstić information content (AvgIpc) is 3.05. The third-order valence-corrected chi connectivity index (χ3v) is 6.41. The van der Waals surface area contributed by atoms with E-state index in [-0.39, 0.29) is 11.4 Å². The molecule has 6 nitrogen and oxygen atoms in total. The van der Waals surface area contributed by atoms with Gasteiger partial charge in [0.25, 0.3) is 0 Å². The third-order valence-electron chi connectivity index (χ3n) is 4.75. The van der Waals surface area contributed by atoms with Crippen LogP contribution in [-0.2, 0) is 23.6 Å². The highest BCUT2D eigenvalue weighted by Gasteiger charge is 2.22. The largest absolute Gasteiger partial charge is 0.492 e. The zero-order valence-electron chi connectivity index (χ0n) is 14.8. The minimum Gasteiger partial charge on any atom is -0.492 e. The van der Waals surface area contributed by atoms with E-state index in [9.17, 15) is 8.42 Å². The van der Waals surface area contributed by atoms with E-state index in [0.717, 1.165) is 18.5 Å². The van der Waals surface area contributed by atoms with Crippen molar-refractivity contribution in [2.75, 3.05) is 6.61 Å². The topological polar surface area (TPSA) is 73.2 Å². The van der Waals surface area contributed by atoms with Crippen LogP contribution in [0.2, 0.25) is 5.02 Å². The van der Waals surface area contributed by atoms with E-state index in [2.05, 4.69) is 9.71 Å². The number of hydrogen-bond acceptors (Lipinski definition) is 4. The number of rotatable bonds is 7. The van der Waals surface area contributed by atoms with Gasteiger partial charge in [0.15, 0.2) is 0 Å². The number of sulfonamides is 1. The van der Waals surface area contributed by atoms with Crippen molar-refractivity contribution in [3.63, 3.8) is 0 Å². The lowest BCUT2D eigenvalue weighted by atomic mass is 9.90. The predicted octanol–water partition coefficient (Wildman–Crippen LogP) is 3.51. The first-order valence-electron chi connectivity index (χ1n) is 8.83. The number of hydrogen-bond donors (Lipinski definition) is 1. The molecule has 26 heavy (non-hydrogen) atoms. The van der Waals surface area contributed by atoms with Crippen molar-refractivity contribution in [1.82, 2.24) is 14.3 Å². The zero-order chi connectivity index (χ0) is 18.6. The first-order valence-corrected chi connectivity index (χ1v) is 10.7. The Morgan fingerprint density at radius 1 is 1.31 bits per heavy atom. The van der Waals surface area contributed by atoms with Crippen molar-refractivity contribution in [2.24, 2.45) is 13.0 Å². The third kappa shape index (κ3) is 4.78. The Bertz CT molecular complexity index is 845. The van der Waals surface area contributed by atoms with Crippen LogP contribution in [0.15, 0.2) is 35.6 Å². The van der Waals surface area contributed by atoms with Gasteiger partial charge in [0.2, 0.25) is 10.0 Å². The van der Waals surface area contributed by atoms with Gasteiger partial charge in [-0.1, -0.05) is 30.9 Å². The van der Waals surface area contributed by atoms with Gasteiger partial charge in [0.1, 0.15) is 10.6 Å². The molecule has 1 fully saturated rings. The lowest BCUT2D eigenvalue weighted by Crippen LogP contribution is -2.25. The molecule has 1 aliphatic carbocycles. The van der Waals surface area contributed by atoms with E-state index < -0.39 is 10.0 Å². The fourth-order valence-corrected chi connectivity index (χ4v) is 4.58. The zero-order valence-corrected chi connectivity index (χ0v) is 16.4. The maximum atomic E-state index is 12.8. The fraction of sp³-hybridized carbons (Fsp3) is 0.500. The van der Waals surface area contributed by atoms with Gasteiger partial charge in [-0.3, -0.25) is 0 Å². The van der Waals surface area contributed by atoms with Crippen LogP contribution in [0.5, 0.6) is 5.75 Å². The SMILES string of the molecule is Cn1cncc1CNS(=O)(=O)c1cc(Cl)ccc1OCC1CCCCC1. The second-order valence-electron chi connectivity index (χ2n) is 6.73. The van der Waals surface area contributed by atoms with Gasteiger partial charge < -0.3 is 9.30 Å². The molecule has 0 radical (unpaired) electrons. The van der Waals surface area contributed by atoms with Crippen LogP contribution < -0.4 is 9.46 Å². The molecule has 0 saturated heterocycles. The van der Waals surface area contributed by atoms with Crippen LogP contribution in [0.1, 0.15) is 37.8 Å². The molecule has 0 atom stereocenters. The Morgan fingerprint density at radius 3 is 2.77 bits per heavy atom. The maximum Gasteiger partial charge on any atom is 0.244 e. The molecule has 0 amide bonds. The molecule has 0 bridgehead atoms. The lowest BCUT2D eigenvalue weighted by Gasteiger charge is -2.22. The highest BCUT2D eigenvalue weighted by Crippen LogP contribution is 2.30. The van der Waals surface area contributed by atoms with Crippen LogP contribution in [-0.4, -0.2) is 24.6 Å². The molecule has 1 saturated carbocycles. The average molecular weight is 398 g/mol. The van der Waals surface area contributed by atoms with Gasteiger partial charge in [-0.05, 0) is 37.0 Å². The van der Waals surface area contributed by atoms with Gasteiger partial charge in [0, 0.05) is 18.3 Å². The molecule has 0 aliphatic heterocycles. The predicted molar refractivity (Wildman–Crippen MR) is 101 cm³/mol. The molecular weight excluding hydrogens is 374 g/mol. The van der Waals surface area contributed by atoms with E-state index in [4.69, 9.17) is 16.3 Å². The molecule has 1 aromatic heterocycles. The van der Waals surface area contributed by atoms with E-state index in [1.165, 1.54) is 25.3 Å². The summed E-state index contributed by atoms with van der Waals surface area (Å²) in [4.78, 5) is 4.06. The monoisotopic (exact) mass is 397 g/mol. The van der Waals surface area contributed by atoms with Crippen molar-refractivity contribution in [2.45, 2.75) is 43.5 Å². The number of aryl methyl sites for hydroxylation is 1. The van der Waals surface area contributed by atoms with Gasteiger partial charge in [-0.15, -0.1) is 0 Å². The molecule has 8 heteroatoms. The van der Waals surface area contributed by atoms with Crippen LogP contribution in [0.4, 0.5) is 0 Å². The molecule has 1 heterocycles. The Kier molecular flexibility index (Phi) is 6.21. The molecule has 0 spiro atoms. The minimum absolute atomic E-state index is 0.0722. The molecular formula is C18H24ClN3O3S. The highest BCUT2D eigenvalue weighted by atomic mass is 35.5. The second-order valence-corrected chi connectivity index (χ2v) is 8.90. The summed E-state index contributed by atoms with van der Waals surface area (Å²) < 4.78 is 35.8. The summed E-state index contributed by atoms with van der Waals surface area (Å²) in [6.45, 7) is 0.680. The molecule has 1 N–H and O–H groups in total. The van der Waals surface area contributed by atoms with Crippen molar-refractivity contribution >= 4 is 21.6 Å². The summed E-state index contributed by atoms with van der Waals surface area (Å²) in [5, 5.41) is 0.357. The Morgan fingerprint density at radius 2 is 2.08 bits per heavy atom. The summed E-state index contributed by atoms with van der Waals surface area (Å²) in [7, 11) is -1.95. The Hall–Kier alpha value is -1.57. The van der Waals surface area contributed by atoms with Crippen LogP contribution in [0.3, 0.4) is 0 Å². The molecule has 3 rings (SSSR count). The molecule has 1 aliphatic rings. The molecule has 1 aromatic carbocycles. The second kappa shape index (κ2) is 8.41. The minimum atomic E-state index is -3.76. The Labute approximate surface area is 159 Å². The number of imidazole rings is 1. The Balaban J connectivity index is 1.74. The van der Waals surface area contributed by atoms with Crippen LogP contribution in [0.25, 0.3) is 0 Å². The summed E-state index contributed by atoms with van der Waals surface area (Å²) in [6, 6.07) is 4.71. The molecule has 142 valence electrons. The summed E-state index contributed by atoms with van der Waals surface area (Å²) in [5.74, 6) is 0.829. The first-order chi connectivity index (χ1) is 12.5. The number of aromatic nitrogens is 2. The normalized spacial score (nSPS) is 15.9. The molecule has 0 unspecified atom stereocenters. The van der Waals surface area contributed by atoms with E-state index in [1.807, 2.05) is 7.05 Å². The van der Waals surface area contributed by atoms with Crippen LogP contribution in [0, 0.1) is 5.92 Å². The summed E-state index contributed by atoms with van der Waals surface area (Å²) in [6.07, 6.45) is 9.22. The van der Waals surface area contributed by atoms with Crippen molar-refractivity contribution < 1.29 is 13.2 Å². The van der Waals surface area contributed by atoms with E-state index in [1.54, 1.807) is 29.2 Å². The van der Waals surface area contributed by atoms with E-state index in [0.29, 0.717) is 23.3 Å². The number of ether oxygens (including phenoxy) is 1. The van der Waals surface area contributed by atoms with Crippen molar-refractivity contribution in [3.8, 4) is 5.75 Å². The van der Waals surface area contributed by atoms with Crippen molar-refractivity contribution in [1.29, 1.82) is 0 Å². The van der Waals surface area contributed by atoms with E-state index >= 15 is 0 Å². The van der Waals surface area contributed by atoms with Crippen molar-refractivity contribution in [3.05, 3.63) is 41.4 Å². The lowest BCUT2D eigenvalue weighted by molar-refractivity contribution is 0.205.